The number of nitrogens with zero attached hydrogens (tertiary/aromatic N) is 2. The summed E-state index contributed by atoms with van der Waals surface area (Å²) in [5.74, 6) is 0. The fourth-order valence-electron chi connectivity index (χ4n) is 2.05. The second kappa shape index (κ2) is 10.1. The Hall–Kier alpha value is -1.74. The molecule has 1 aliphatic heterocycles. The van der Waals surface area contributed by atoms with Crippen molar-refractivity contribution in [2.45, 2.75) is 19.9 Å². The number of hydrogen-bond acceptors (Lipinski definition) is 3. The molecule has 1 aromatic carbocycles. The number of rotatable bonds is 6. The highest BCUT2D eigenvalue weighted by molar-refractivity contribution is 5.14. The molecule has 0 unspecified atom stereocenters. The standard InChI is InChI=1S/C14H21N3.C3H6/c1-16(12-14-6-3-2-4-7-14)9-5-10-17-11-8-15-13-17;1-3-2/h2-4,6-8,11,15H,5,9-10,12-13H2,1H3;3H,1H2,2H3. The van der Waals surface area contributed by atoms with Gasteiger partial charge in [0.1, 0.15) is 0 Å². The highest BCUT2D eigenvalue weighted by Crippen LogP contribution is 2.04. The van der Waals surface area contributed by atoms with Crippen LogP contribution in [0.5, 0.6) is 0 Å². The van der Waals surface area contributed by atoms with E-state index in [1.165, 1.54) is 12.0 Å². The summed E-state index contributed by atoms with van der Waals surface area (Å²) in [6.45, 7) is 9.51. The molecule has 110 valence electrons. The molecule has 0 spiro atoms. The van der Waals surface area contributed by atoms with Crippen LogP contribution in [0.3, 0.4) is 0 Å². The fraction of sp³-hybridized carbons (Fsp3) is 0.412. The predicted molar refractivity (Wildman–Crippen MR) is 87.1 cm³/mol. The van der Waals surface area contributed by atoms with E-state index < -0.39 is 0 Å². The smallest absolute Gasteiger partial charge is 0.0867 e. The molecule has 0 aliphatic carbocycles. The summed E-state index contributed by atoms with van der Waals surface area (Å²) < 4.78 is 0. The molecule has 3 nitrogen and oxygen atoms in total. The summed E-state index contributed by atoms with van der Waals surface area (Å²) in [6.07, 6.45) is 7.08. The van der Waals surface area contributed by atoms with Gasteiger partial charge in [0.05, 0.1) is 6.67 Å². The Bertz CT molecular complexity index is 386. The first-order valence-corrected chi connectivity index (χ1v) is 7.20. The quantitative estimate of drug-likeness (QED) is 0.804. The van der Waals surface area contributed by atoms with Gasteiger partial charge >= 0.3 is 0 Å². The molecule has 1 aromatic rings. The van der Waals surface area contributed by atoms with Crippen LogP contribution in [-0.2, 0) is 6.54 Å². The van der Waals surface area contributed by atoms with Crippen molar-refractivity contribution in [1.82, 2.24) is 15.1 Å². The molecule has 1 heterocycles. The largest absolute Gasteiger partial charge is 0.373 e. The SMILES string of the molecule is C=CC.CN(CCCN1C=CNC1)Cc1ccccc1. The Morgan fingerprint density at radius 2 is 2.05 bits per heavy atom. The van der Waals surface area contributed by atoms with Crippen molar-refractivity contribution in [1.29, 1.82) is 0 Å². The lowest BCUT2D eigenvalue weighted by Crippen LogP contribution is -2.26. The van der Waals surface area contributed by atoms with E-state index in [1.807, 2.05) is 13.1 Å². The van der Waals surface area contributed by atoms with Crippen LogP contribution in [-0.4, -0.2) is 36.6 Å². The fourth-order valence-corrected chi connectivity index (χ4v) is 2.05. The van der Waals surface area contributed by atoms with Gasteiger partial charge in [0.2, 0.25) is 0 Å². The van der Waals surface area contributed by atoms with Crippen molar-refractivity contribution < 1.29 is 0 Å². The lowest BCUT2D eigenvalue weighted by atomic mass is 10.2. The topological polar surface area (TPSA) is 18.5 Å². The van der Waals surface area contributed by atoms with Gasteiger partial charge in [0.15, 0.2) is 0 Å². The summed E-state index contributed by atoms with van der Waals surface area (Å²) in [4.78, 5) is 4.68. The Kier molecular flexibility index (Phi) is 8.24. The zero-order chi connectivity index (χ0) is 14.6. The second-order valence-electron chi connectivity index (χ2n) is 4.98. The summed E-state index contributed by atoms with van der Waals surface area (Å²) in [7, 11) is 2.19. The van der Waals surface area contributed by atoms with Crippen molar-refractivity contribution in [2.75, 3.05) is 26.8 Å². The number of allylic oxidation sites excluding steroid dienone is 1. The zero-order valence-electron chi connectivity index (χ0n) is 12.8. The third-order valence-corrected chi connectivity index (χ3v) is 2.98. The van der Waals surface area contributed by atoms with Crippen molar-refractivity contribution >= 4 is 0 Å². The van der Waals surface area contributed by atoms with Gasteiger partial charge in [-0.25, -0.2) is 0 Å². The first kappa shape index (κ1) is 16.3. The molecule has 1 aliphatic rings. The van der Waals surface area contributed by atoms with Crippen LogP contribution in [0.25, 0.3) is 0 Å². The maximum absolute atomic E-state index is 3.36. The van der Waals surface area contributed by atoms with Gasteiger partial charge in [0.25, 0.3) is 0 Å². The summed E-state index contributed by atoms with van der Waals surface area (Å²) in [6, 6.07) is 10.6. The molecule has 0 aromatic heterocycles. The van der Waals surface area contributed by atoms with Gasteiger partial charge in [0, 0.05) is 25.5 Å². The van der Waals surface area contributed by atoms with Crippen LogP contribution in [0, 0.1) is 0 Å². The molecule has 0 saturated carbocycles. The van der Waals surface area contributed by atoms with Crippen LogP contribution in [0.15, 0.2) is 55.4 Å². The maximum atomic E-state index is 3.36. The molecule has 3 heteroatoms. The number of nitrogens with one attached hydrogen (secondary N) is 1. The third kappa shape index (κ3) is 7.00. The lowest BCUT2D eigenvalue weighted by molar-refractivity contribution is 0.292. The molecule has 1 N–H and O–H groups in total. The van der Waals surface area contributed by atoms with Gasteiger partial charge in [-0.15, -0.1) is 6.58 Å². The van der Waals surface area contributed by atoms with Crippen molar-refractivity contribution in [3.63, 3.8) is 0 Å². The average Bonchev–Trinajstić information content (AvgIpc) is 2.94. The summed E-state index contributed by atoms with van der Waals surface area (Å²) >= 11 is 0. The van der Waals surface area contributed by atoms with E-state index in [0.717, 1.165) is 26.3 Å². The minimum Gasteiger partial charge on any atom is -0.373 e. The highest BCUT2D eigenvalue weighted by atomic mass is 15.2. The van der Waals surface area contributed by atoms with E-state index in [4.69, 9.17) is 0 Å². The van der Waals surface area contributed by atoms with Crippen LogP contribution < -0.4 is 5.32 Å². The van der Waals surface area contributed by atoms with Crippen molar-refractivity contribution in [3.05, 3.63) is 61.0 Å². The molecule has 0 radical (unpaired) electrons. The Balaban J connectivity index is 0.000000612. The first-order valence-electron chi connectivity index (χ1n) is 7.20. The van der Waals surface area contributed by atoms with Crippen LogP contribution >= 0.6 is 0 Å². The van der Waals surface area contributed by atoms with Crippen LogP contribution in [0.2, 0.25) is 0 Å². The van der Waals surface area contributed by atoms with E-state index in [1.54, 1.807) is 6.08 Å². The second-order valence-corrected chi connectivity index (χ2v) is 4.98. The molecular weight excluding hydrogens is 246 g/mol. The molecule has 0 amide bonds. The Morgan fingerprint density at radius 3 is 2.65 bits per heavy atom. The van der Waals surface area contributed by atoms with E-state index >= 15 is 0 Å². The predicted octanol–water partition coefficient (Wildman–Crippen LogP) is 3.03. The molecule has 2 rings (SSSR count). The number of benzene rings is 1. The van der Waals surface area contributed by atoms with Crippen molar-refractivity contribution in [2.24, 2.45) is 0 Å². The van der Waals surface area contributed by atoms with Gasteiger partial charge in [-0.3, -0.25) is 0 Å². The van der Waals surface area contributed by atoms with Gasteiger partial charge < -0.3 is 15.1 Å². The monoisotopic (exact) mass is 273 g/mol. The Morgan fingerprint density at radius 1 is 1.35 bits per heavy atom. The molecule has 0 bridgehead atoms. The van der Waals surface area contributed by atoms with E-state index in [-0.39, 0.29) is 0 Å². The van der Waals surface area contributed by atoms with E-state index in [2.05, 4.69) is 65.3 Å². The minimum absolute atomic E-state index is 0.961. The normalized spacial score (nSPS) is 12.8. The van der Waals surface area contributed by atoms with Crippen LogP contribution in [0.1, 0.15) is 18.9 Å². The van der Waals surface area contributed by atoms with Crippen molar-refractivity contribution in [3.8, 4) is 0 Å². The van der Waals surface area contributed by atoms with E-state index in [9.17, 15) is 0 Å². The summed E-state index contributed by atoms with van der Waals surface area (Å²) in [5.41, 5.74) is 1.39. The molecule has 20 heavy (non-hydrogen) atoms. The lowest BCUT2D eigenvalue weighted by Gasteiger charge is -2.19. The molecule has 0 atom stereocenters. The minimum atomic E-state index is 0.961. The molecule has 0 saturated heterocycles. The molecule has 0 fully saturated rings. The average molecular weight is 273 g/mol. The summed E-state index contributed by atoms with van der Waals surface area (Å²) in [5, 5.41) is 3.18. The van der Waals surface area contributed by atoms with Crippen LogP contribution in [0.4, 0.5) is 0 Å². The molecular formula is C17H27N3. The van der Waals surface area contributed by atoms with Gasteiger partial charge in [-0.05, 0) is 32.5 Å². The van der Waals surface area contributed by atoms with Gasteiger partial charge in [-0.1, -0.05) is 36.4 Å². The highest BCUT2D eigenvalue weighted by Gasteiger charge is 2.04. The Labute approximate surface area is 123 Å². The first-order chi connectivity index (χ1) is 9.76. The number of hydrogen-bond donors (Lipinski definition) is 1. The van der Waals surface area contributed by atoms with Gasteiger partial charge in [-0.2, -0.15) is 0 Å². The third-order valence-electron chi connectivity index (χ3n) is 2.98. The van der Waals surface area contributed by atoms with E-state index in [0.29, 0.717) is 0 Å². The zero-order valence-corrected chi connectivity index (χ0v) is 12.8. The maximum Gasteiger partial charge on any atom is 0.0867 e.